The minimum Gasteiger partial charge on any atom is -0.435 e. The summed E-state index contributed by atoms with van der Waals surface area (Å²) in [6.07, 6.45) is 3.73. The summed E-state index contributed by atoms with van der Waals surface area (Å²) in [6.45, 7) is 1.36. The lowest BCUT2D eigenvalue weighted by molar-refractivity contribution is -0.0499. The van der Waals surface area contributed by atoms with Crippen molar-refractivity contribution in [1.29, 1.82) is 0 Å². The molecule has 5 heteroatoms. The highest BCUT2D eigenvalue weighted by Crippen LogP contribution is 2.24. The van der Waals surface area contributed by atoms with Gasteiger partial charge < -0.3 is 10.1 Å². The Bertz CT molecular complexity index is 436. The van der Waals surface area contributed by atoms with Crippen LogP contribution in [0.15, 0.2) is 24.3 Å². The molecule has 2 atom stereocenters. The van der Waals surface area contributed by atoms with Crippen molar-refractivity contribution in [1.82, 2.24) is 10.2 Å². The van der Waals surface area contributed by atoms with Gasteiger partial charge >= 0.3 is 6.61 Å². The summed E-state index contributed by atoms with van der Waals surface area (Å²) in [7, 11) is 2.07. The van der Waals surface area contributed by atoms with Gasteiger partial charge in [-0.25, -0.2) is 0 Å². The molecule has 2 unspecified atom stereocenters. The number of halogens is 2. The van der Waals surface area contributed by atoms with Gasteiger partial charge in [-0.3, -0.25) is 4.90 Å². The second-order valence-corrected chi connectivity index (χ2v) is 5.71. The van der Waals surface area contributed by atoms with E-state index in [1.807, 2.05) is 6.07 Å². The van der Waals surface area contributed by atoms with Crippen LogP contribution in [-0.2, 0) is 0 Å². The van der Waals surface area contributed by atoms with Gasteiger partial charge in [0.1, 0.15) is 5.75 Å². The Morgan fingerprint density at radius 2 is 2.19 bits per heavy atom. The molecule has 1 fully saturated rings. The maximum atomic E-state index is 12.3. The van der Waals surface area contributed by atoms with Crippen molar-refractivity contribution in [2.45, 2.75) is 44.9 Å². The van der Waals surface area contributed by atoms with Gasteiger partial charge in [0.2, 0.25) is 0 Å². The fourth-order valence-corrected chi connectivity index (χ4v) is 2.79. The van der Waals surface area contributed by atoms with Gasteiger partial charge in [0.15, 0.2) is 0 Å². The lowest BCUT2D eigenvalue weighted by Gasteiger charge is -2.32. The molecule has 1 aromatic carbocycles. The molecule has 1 aliphatic rings. The molecule has 21 heavy (non-hydrogen) atoms. The summed E-state index contributed by atoms with van der Waals surface area (Å²) < 4.78 is 29.0. The second-order valence-electron chi connectivity index (χ2n) is 5.71. The predicted molar refractivity (Wildman–Crippen MR) is 79.8 cm³/mol. The van der Waals surface area contributed by atoms with Crippen LogP contribution in [0.5, 0.6) is 5.75 Å². The zero-order valence-electron chi connectivity index (χ0n) is 12.7. The van der Waals surface area contributed by atoms with Crippen molar-refractivity contribution in [3.05, 3.63) is 29.8 Å². The smallest absolute Gasteiger partial charge is 0.387 e. The van der Waals surface area contributed by atoms with E-state index in [0.717, 1.165) is 18.7 Å². The highest BCUT2D eigenvalue weighted by Gasteiger charge is 2.19. The number of ether oxygens (including phenoxy) is 1. The molecule has 3 nitrogen and oxygen atoms in total. The number of nitrogens with one attached hydrogen (secondary N) is 1. The zero-order valence-corrected chi connectivity index (χ0v) is 12.7. The van der Waals surface area contributed by atoms with Crippen LogP contribution in [-0.4, -0.2) is 37.7 Å². The molecule has 118 valence electrons. The van der Waals surface area contributed by atoms with E-state index in [-0.39, 0.29) is 11.8 Å². The lowest BCUT2D eigenvalue weighted by Crippen LogP contribution is -2.43. The highest BCUT2D eigenvalue weighted by molar-refractivity contribution is 5.30. The minimum atomic E-state index is -2.78. The quantitative estimate of drug-likeness (QED) is 0.871. The predicted octanol–water partition coefficient (Wildman–Crippen LogP) is 3.42. The van der Waals surface area contributed by atoms with Gasteiger partial charge in [0.05, 0.1) is 0 Å². The average molecular weight is 298 g/mol. The number of piperidine rings is 1. The monoisotopic (exact) mass is 298 g/mol. The molecule has 1 heterocycles. The van der Waals surface area contributed by atoms with Crippen molar-refractivity contribution in [3.63, 3.8) is 0 Å². The van der Waals surface area contributed by atoms with Crippen LogP contribution in [0.25, 0.3) is 0 Å². The first-order valence-electron chi connectivity index (χ1n) is 7.54. The molecule has 1 saturated heterocycles. The average Bonchev–Trinajstić information content (AvgIpc) is 2.47. The summed E-state index contributed by atoms with van der Waals surface area (Å²) in [5, 5.41) is 3.53. The second kappa shape index (κ2) is 7.71. The van der Waals surface area contributed by atoms with E-state index in [0.29, 0.717) is 6.04 Å². The number of likely N-dealkylation sites (N-methyl/N-ethyl adjacent to an activating group) is 1. The van der Waals surface area contributed by atoms with E-state index >= 15 is 0 Å². The van der Waals surface area contributed by atoms with Gasteiger partial charge in [-0.2, -0.15) is 8.78 Å². The third-order valence-electron chi connectivity index (χ3n) is 4.15. The topological polar surface area (TPSA) is 24.5 Å². The summed E-state index contributed by atoms with van der Waals surface area (Å²) in [5.41, 5.74) is 0.992. The largest absolute Gasteiger partial charge is 0.435 e. The Kier molecular flexibility index (Phi) is 5.94. The third kappa shape index (κ3) is 4.93. The van der Waals surface area contributed by atoms with Gasteiger partial charge in [-0.1, -0.05) is 18.6 Å². The molecule has 1 aromatic rings. The van der Waals surface area contributed by atoms with E-state index < -0.39 is 6.61 Å². The molecule has 2 rings (SSSR count). The van der Waals surface area contributed by atoms with E-state index in [2.05, 4.69) is 28.9 Å². The maximum Gasteiger partial charge on any atom is 0.387 e. The number of alkyl halides is 2. The van der Waals surface area contributed by atoms with E-state index in [1.54, 1.807) is 18.2 Å². The molecule has 0 radical (unpaired) electrons. The number of rotatable bonds is 6. The first-order chi connectivity index (χ1) is 10.1. The molecule has 0 saturated carbocycles. The van der Waals surface area contributed by atoms with Crippen LogP contribution < -0.4 is 10.1 Å². The van der Waals surface area contributed by atoms with Crippen molar-refractivity contribution >= 4 is 0 Å². The van der Waals surface area contributed by atoms with Crippen molar-refractivity contribution in [3.8, 4) is 5.75 Å². The standard InChI is InChI=1S/C16H24F2N2O/c1-12(20(2)11-14-7-3-4-9-19-14)13-6-5-8-15(10-13)21-16(17)18/h5-6,8,10,12,14,16,19H,3-4,7,9,11H2,1-2H3. The van der Waals surface area contributed by atoms with Crippen LogP contribution in [0.4, 0.5) is 8.78 Å². The Balaban J connectivity index is 1.95. The number of hydrogen-bond acceptors (Lipinski definition) is 3. The SMILES string of the molecule is CC(c1cccc(OC(F)F)c1)N(C)CC1CCCCN1. The molecule has 0 amide bonds. The molecular formula is C16H24F2N2O. The number of benzene rings is 1. The number of nitrogens with zero attached hydrogens (tertiary/aromatic N) is 1. The van der Waals surface area contributed by atoms with Gasteiger partial charge in [0.25, 0.3) is 0 Å². The third-order valence-corrected chi connectivity index (χ3v) is 4.15. The summed E-state index contributed by atoms with van der Waals surface area (Å²) in [5.74, 6) is 0.221. The zero-order chi connectivity index (χ0) is 15.2. The fourth-order valence-electron chi connectivity index (χ4n) is 2.79. The van der Waals surface area contributed by atoms with Gasteiger partial charge in [-0.15, -0.1) is 0 Å². The first-order valence-corrected chi connectivity index (χ1v) is 7.54. The van der Waals surface area contributed by atoms with Crippen LogP contribution in [0, 0.1) is 0 Å². The van der Waals surface area contributed by atoms with Gasteiger partial charge in [-0.05, 0) is 51.1 Å². The van der Waals surface area contributed by atoms with Crippen molar-refractivity contribution in [2.24, 2.45) is 0 Å². The van der Waals surface area contributed by atoms with E-state index in [9.17, 15) is 8.78 Å². The van der Waals surface area contributed by atoms with Gasteiger partial charge in [0, 0.05) is 18.6 Å². The Labute approximate surface area is 125 Å². The van der Waals surface area contributed by atoms with E-state index in [4.69, 9.17) is 0 Å². The molecule has 0 aliphatic carbocycles. The van der Waals surface area contributed by atoms with Crippen LogP contribution in [0.1, 0.15) is 37.8 Å². The fraction of sp³-hybridized carbons (Fsp3) is 0.625. The molecular weight excluding hydrogens is 274 g/mol. The molecule has 1 aliphatic heterocycles. The van der Waals surface area contributed by atoms with E-state index in [1.165, 1.54) is 19.3 Å². The first kappa shape index (κ1) is 16.2. The molecule has 1 N–H and O–H groups in total. The minimum absolute atomic E-state index is 0.162. The molecule has 0 bridgehead atoms. The van der Waals surface area contributed by atoms with Crippen LogP contribution in [0.3, 0.4) is 0 Å². The number of hydrogen-bond donors (Lipinski definition) is 1. The van der Waals surface area contributed by atoms with Crippen molar-refractivity contribution in [2.75, 3.05) is 20.1 Å². The normalized spacial score (nSPS) is 20.8. The lowest BCUT2D eigenvalue weighted by atomic mass is 10.0. The maximum absolute atomic E-state index is 12.3. The van der Waals surface area contributed by atoms with Crippen LogP contribution >= 0.6 is 0 Å². The van der Waals surface area contributed by atoms with Crippen molar-refractivity contribution < 1.29 is 13.5 Å². The Morgan fingerprint density at radius 3 is 2.86 bits per heavy atom. The summed E-state index contributed by atoms with van der Waals surface area (Å²) in [6, 6.07) is 7.65. The molecule has 0 spiro atoms. The Hall–Kier alpha value is -1.20. The molecule has 0 aromatic heterocycles. The van der Waals surface area contributed by atoms with Crippen LogP contribution in [0.2, 0.25) is 0 Å². The Morgan fingerprint density at radius 1 is 1.38 bits per heavy atom. The summed E-state index contributed by atoms with van der Waals surface area (Å²) >= 11 is 0. The highest BCUT2D eigenvalue weighted by atomic mass is 19.3. The summed E-state index contributed by atoms with van der Waals surface area (Å²) in [4.78, 5) is 2.25.